The first-order valence-corrected chi connectivity index (χ1v) is 6.77. The fourth-order valence-electron chi connectivity index (χ4n) is 1.79. The maximum atomic E-state index is 5.08. The Morgan fingerprint density at radius 3 is 2.94 bits per heavy atom. The van der Waals surface area contributed by atoms with Crippen LogP contribution in [0.5, 0.6) is 0 Å². The number of thiazole rings is 1. The Morgan fingerprint density at radius 2 is 2.38 bits per heavy atom. The number of aromatic nitrogens is 1. The Balaban J connectivity index is 2.37. The summed E-state index contributed by atoms with van der Waals surface area (Å²) < 4.78 is 5.08. The average molecular weight is 242 g/mol. The molecule has 0 aliphatic rings. The average Bonchev–Trinajstić information content (AvgIpc) is 2.65. The van der Waals surface area contributed by atoms with E-state index >= 15 is 0 Å². The van der Waals surface area contributed by atoms with Gasteiger partial charge in [0.25, 0.3) is 0 Å². The number of ether oxygens (including phenoxy) is 1. The molecule has 1 heterocycles. The van der Waals surface area contributed by atoms with Gasteiger partial charge in [-0.25, -0.2) is 4.98 Å². The van der Waals surface area contributed by atoms with E-state index in [4.69, 9.17) is 4.74 Å². The molecule has 92 valence electrons. The molecule has 0 saturated carbocycles. The predicted octanol–water partition coefficient (Wildman–Crippen LogP) is 2.40. The molecule has 0 aliphatic carbocycles. The molecule has 0 spiro atoms. The van der Waals surface area contributed by atoms with Crippen LogP contribution < -0.4 is 5.32 Å². The molecule has 16 heavy (non-hydrogen) atoms. The van der Waals surface area contributed by atoms with Gasteiger partial charge in [-0.2, -0.15) is 0 Å². The van der Waals surface area contributed by atoms with Crippen LogP contribution in [-0.4, -0.2) is 31.3 Å². The lowest BCUT2D eigenvalue weighted by atomic mass is 10.1. The van der Waals surface area contributed by atoms with Crippen LogP contribution in [0.15, 0.2) is 5.38 Å². The molecule has 1 unspecified atom stereocenters. The molecule has 1 N–H and O–H groups in total. The van der Waals surface area contributed by atoms with E-state index in [0.717, 1.165) is 37.4 Å². The van der Waals surface area contributed by atoms with Crippen LogP contribution >= 0.6 is 11.3 Å². The minimum atomic E-state index is 0.529. The molecule has 4 heteroatoms. The zero-order valence-electron chi connectivity index (χ0n) is 10.5. The third-order valence-corrected chi connectivity index (χ3v) is 3.34. The fraction of sp³-hybridized carbons (Fsp3) is 0.750. The van der Waals surface area contributed by atoms with Crippen LogP contribution in [0, 0.1) is 6.92 Å². The number of rotatable bonds is 8. The largest absolute Gasteiger partial charge is 0.385 e. The van der Waals surface area contributed by atoms with E-state index in [0.29, 0.717) is 6.04 Å². The van der Waals surface area contributed by atoms with Gasteiger partial charge in [-0.3, -0.25) is 0 Å². The van der Waals surface area contributed by atoms with Gasteiger partial charge >= 0.3 is 0 Å². The van der Waals surface area contributed by atoms with E-state index in [1.165, 1.54) is 5.69 Å². The van der Waals surface area contributed by atoms with Crippen LogP contribution in [-0.2, 0) is 11.2 Å². The van der Waals surface area contributed by atoms with E-state index in [2.05, 4.69) is 29.5 Å². The Bertz CT molecular complexity index is 288. The molecule has 1 atom stereocenters. The summed E-state index contributed by atoms with van der Waals surface area (Å²) in [5, 5.41) is 6.83. The van der Waals surface area contributed by atoms with Crippen LogP contribution in [0.1, 0.15) is 30.5 Å². The SMILES string of the molecule is CCNC(CCCOC)Cc1csc(C)n1. The standard InChI is InChI=1S/C12H22N2OS/c1-4-13-11(6-5-7-15-3)8-12-9-16-10(2)14-12/h9,11,13H,4-8H2,1-3H3. The van der Waals surface area contributed by atoms with Crippen molar-refractivity contribution in [3.05, 3.63) is 16.1 Å². The van der Waals surface area contributed by atoms with Gasteiger partial charge in [0, 0.05) is 31.6 Å². The van der Waals surface area contributed by atoms with Crippen molar-refractivity contribution in [2.45, 2.75) is 39.2 Å². The van der Waals surface area contributed by atoms with Gasteiger partial charge < -0.3 is 10.1 Å². The summed E-state index contributed by atoms with van der Waals surface area (Å²) in [4.78, 5) is 4.51. The zero-order chi connectivity index (χ0) is 11.8. The van der Waals surface area contributed by atoms with Crippen molar-refractivity contribution >= 4 is 11.3 Å². The number of hydrogen-bond donors (Lipinski definition) is 1. The molecule has 0 aliphatic heterocycles. The first kappa shape index (κ1) is 13.6. The van der Waals surface area contributed by atoms with Gasteiger partial charge in [0.2, 0.25) is 0 Å². The van der Waals surface area contributed by atoms with Gasteiger partial charge in [0.1, 0.15) is 0 Å². The van der Waals surface area contributed by atoms with Crippen LogP contribution in [0.4, 0.5) is 0 Å². The summed E-state index contributed by atoms with van der Waals surface area (Å²) in [6, 6.07) is 0.529. The Morgan fingerprint density at radius 1 is 1.56 bits per heavy atom. The number of likely N-dealkylation sites (N-methyl/N-ethyl adjacent to an activating group) is 1. The van der Waals surface area contributed by atoms with Crippen LogP contribution in [0.3, 0.4) is 0 Å². The summed E-state index contributed by atoms with van der Waals surface area (Å²) in [5.41, 5.74) is 1.21. The molecule has 1 aromatic rings. The maximum Gasteiger partial charge on any atom is 0.0897 e. The number of aryl methyl sites for hydroxylation is 1. The molecule has 0 saturated heterocycles. The van der Waals surface area contributed by atoms with Crippen molar-refractivity contribution in [2.24, 2.45) is 0 Å². The molecule has 0 fully saturated rings. The second-order valence-corrected chi connectivity index (χ2v) is 5.01. The number of methoxy groups -OCH3 is 1. The Hall–Kier alpha value is -0.450. The molecular formula is C12H22N2OS. The molecule has 0 bridgehead atoms. The normalized spacial score (nSPS) is 12.9. The van der Waals surface area contributed by atoms with Crippen molar-refractivity contribution in [1.82, 2.24) is 10.3 Å². The first-order chi connectivity index (χ1) is 7.76. The maximum absolute atomic E-state index is 5.08. The van der Waals surface area contributed by atoms with Gasteiger partial charge in [-0.05, 0) is 26.3 Å². The van der Waals surface area contributed by atoms with E-state index in [1.807, 2.05) is 0 Å². The van der Waals surface area contributed by atoms with E-state index in [-0.39, 0.29) is 0 Å². The predicted molar refractivity (Wildman–Crippen MR) is 69.1 cm³/mol. The summed E-state index contributed by atoms with van der Waals surface area (Å²) in [5.74, 6) is 0. The van der Waals surface area contributed by atoms with E-state index in [9.17, 15) is 0 Å². The molecular weight excluding hydrogens is 220 g/mol. The van der Waals surface area contributed by atoms with Gasteiger partial charge in [-0.1, -0.05) is 6.92 Å². The van der Waals surface area contributed by atoms with Crippen LogP contribution in [0.2, 0.25) is 0 Å². The van der Waals surface area contributed by atoms with Gasteiger partial charge in [-0.15, -0.1) is 11.3 Å². The van der Waals surface area contributed by atoms with Gasteiger partial charge in [0.15, 0.2) is 0 Å². The lowest BCUT2D eigenvalue weighted by Gasteiger charge is -2.16. The highest BCUT2D eigenvalue weighted by atomic mass is 32.1. The summed E-state index contributed by atoms with van der Waals surface area (Å²) in [6.45, 7) is 6.07. The third-order valence-electron chi connectivity index (χ3n) is 2.52. The second kappa shape index (κ2) is 7.76. The summed E-state index contributed by atoms with van der Waals surface area (Å²) in [6.07, 6.45) is 3.29. The quantitative estimate of drug-likeness (QED) is 0.711. The van der Waals surface area contributed by atoms with Crippen molar-refractivity contribution < 1.29 is 4.74 Å². The number of nitrogens with one attached hydrogen (secondary N) is 1. The topological polar surface area (TPSA) is 34.1 Å². The fourth-order valence-corrected chi connectivity index (χ4v) is 2.42. The highest BCUT2D eigenvalue weighted by Gasteiger charge is 2.09. The first-order valence-electron chi connectivity index (χ1n) is 5.89. The van der Waals surface area contributed by atoms with Crippen molar-refractivity contribution in [3.8, 4) is 0 Å². The molecule has 0 radical (unpaired) electrons. The van der Waals surface area contributed by atoms with Crippen molar-refractivity contribution in [1.29, 1.82) is 0 Å². The Kier molecular flexibility index (Phi) is 6.61. The summed E-state index contributed by atoms with van der Waals surface area (Å²) in [7, 11) is 1.76. The summed E-state index contributed by atoms with van der Waals surface area (Å²) >= 11 is 1.73. The number of hydrogen-bond acceptors (Lipinski definition) is 4. The zero-order valence-corrected chi connectivity index (χ0v) is 11.3. The second-order valence-electron chi connectivity index (χ2n) is 3.95. The monoisotopic (exact) mass is 242 g/mol. The molecule has 0 aromatic carbocycles. The highest BCUT2D eigenvalue weighted by Crippen LogP contribution is 2.12. The third kappa shape index (κ3) is 5.05. The number of nitrogens with zero attached hydrogens (tertiary/aromatic N) is 1. The minimum Gasteiger partial charge on any atom is -0.385 e. The Labute approximate surface area is 102 Å². The lowest BCUT2D eigenvalue weighted by molar-refractivity contribution is 0.188. The van der Waals surface area contributed by atoms with Crippen LogP contribution in [0.25, 0.3) is 0 Å². The lowest BCUT2D eigenvalue weighted by Crippen LogP contribution is -2.31. The molecule has 1 aromatic heterocycles. The van der Waals surface area contributed by atoms with Crippen molar-refractivity contribution in [3.63, 3.8) is 0 Å². The highest BCUT2D eigenvalue weighted by molar-refractivity contribution is 7.09. The molecule has 0 amide bonds. The van der Waals surface area contributed by atoms with Gasteiger partial charge in [0.05, 0.1) is 10.7 Å². The van der Waals surface area contributed by atoms with Crippen molar-refractivity contribution in [2.75, 3.05) is 20.3 Å². The minimum absolute atomic E-state index is 0.529. The molecule has 3 nitrogen and oxygen atoms in total. The van der Waals surface area contributed by atoms with E-state index < -0.39 is 0 Å². The smallest absolute Gasteiger partial charge is 0.0897 e. The van der Waals surface area contributed by atoms with E-state index in [1.54, 1.807) is 18.4 Å². The molecule has 1 rings (SSSR count).